The fourth-order valence-electron chi connectivity index (χ4n) is 4.72. The third kappa shape index (κ3) is 3.88. The lowest BCUT2D eigenvalue weighted by Crippen LogP contribution is -2.28. The number of fused-ring (bicyclic) bond motifs is 2. The number of thiocarbonyl (C=S) groups is 1. The van der Waals surface area contributed by atoms with Crippen LogP contribution in [-0.4, -0.2) is 27.7 Å². The molecule has 0 spiro atoms. The first kappa shape index (κ1) is 22.0. The van der Waals surface area contributed by atoms with Crippen molar-refractivity contribution < 1.29 is 14.7 Å². The van der Waals surface area contributed by atoms with E-state index >= 15 is 0 Å². The third-order valence-corrected chi connectivity index (χ3v) is 6.77. The molecule has 2 aliphatic rings. The summed E-state index contributed by atoms with van der Waals surface area (Å²) in [5, 5.41) is 13.5. The van der Waals surface area contributed by atoms with Crippen LogP contribution >= 0.6 is 12.2 Å². The van der Waals surface area contributed by atoms with Crippen LogP contribution in [0.3, 0.4) is 0 Å². The second kappa shape index (κ2) is 8.83. The van der Waals surface area contributed by atoms with E-state index in [0.29, 0.717) is 16.3 Å². The number of carboxylic acids is 1. The Labute approximate surface area is 202 Å². The predicted octanol–water partition coefficient (Wildman–Crippen LogP) is 4.98. The molecule has 7 heteroatoms. The van der Waals surface area contributed by atoms with Gasteiger partial charge in [-0.2, -0.15) is 5.10 Å². The molecule has 0 saturated heterocycles. The van der Waals surface area contributed by atoms with Crippen LogP contribution in [0.2, 0.25) is 0 Å². The van der Waals surface area contributed by atoms with Crippen LogP contribution in [0.25, 0.3) is 0 Å². The van der Waals surface area contributed by atoms with Crippen LogP contribution in [0.4, 0.5) is 11.4 Å². The number of carbonyl (C=O) groups excluding carboxylic acids is 1. The molecule has 0 saturated carbocycles. The molecule has 3 aromatic carbocycles. The highest BCUT2D eigenvalue weighted by Crippen LogP contribution is 2.43. The van der Waals surface area contributed by atoms with Gasteiger partial charge in [-0.3, -0.25) is 15.1 Å². The molecule has 0 fully saturated rings. The van der Waals surface area contributed by atoms with Crippen molar-refractivity contribution in [1.29, 1.82) is 0 Å². The average molecular weight is 470 g/mol. The Morgan fingerprint density at radius 3 is 2.50 bits per heavy atom. The summed E-state index contributed by atoms with van der Waals surface area (Å²) in [7, 11) is 0. The van der Waals surface area contributed by atoms with Crippen LogP contribution in [0.5, 0.6) is 0 Å². The maximum absolute atomic E-state index is 13.6. The largest absolute Gasteiger partial charge is 0.478 e. The molecular weight excluding hydrogens is 446 g/mol. The van der Waals surface area contributed by atoms with Crippen molar-refractivity contribution in [2.75, 3.05) is 4.90 Å². The molecule has 1 amide bonds. The predicted molar refractivity (Wildman–Crippen MR) is 136 cm³/mol. The number of hydrogen-bond acceptors (Lipinski definition) is 4. The maximum Gasteiger partial charge on any atom is 0.335 e. The standard InChI is InChI=1S/C27H23N3O3S/c1-16(28-29-25(34)18-9-11-19(12-10-18)27(32)33)24-22-7-2-3-8-23(22)30(26(24)31)21-14-13-17-5-4-6-20(17)15-21/h2-3,7-15,24H,4-6H2,1H3,(H,29,34)(H,32,33)/b28-16+. The smallest absolute Gasteiger partial charge is 0.335 e. The number of aryl methyl sites for hydroxylation is 2. The summed E-state index contributed by atoms with van der Waals surface area (Å²) in [6, 6.07) is 20.4. The molecule has 6 nitrogen and oxygen atoms in total. The van der Waals surface area contributed by atoms with Crippen molar-refractivity contribution >= 4 is 46.2 Å². The van der Waals surface area contributed by atoms with Crippen molar-refractivity contribution in [3.63, 3.8) is 0 Å². The molecule has 0 bridgehead atoms. The molecule has 2 N–H and O–H groups in total. The highest BCUT2D eigenvalue weighted by atomic mass is 32.1. The first-order valence-electron chi connectivity index (χ1n) is 11.2. The molecule has 1 aliphatic heterocycles. The zero-order valence-electron chi connectivity index (χ0n) is 18.6. The molecule has 0 radical (unpaired) electrons. The van der Waals surface area contributed by atoms with Gasteiger partial charge >= 0.3 is 5.97 Å². The van der Waals surface area contributed by atoms with Gasteiger partial charge in [-0.05, 0) is 73.2 Å². The minimum absolute atomic E-state index is 0.0427. The van der Waals surface area contributed by atoms with E-state index in [4.69, 9.17) is 17.3 Å². The number of anilines is 2. The van der Waals surface area contributed by atoms with Gasteiger partial charge in [0.2, 0.25) is 5.91 Å². The Balaban J connectivity index is 1.41. The second-order valence-corrected chi connectivity index (χ2v) is 8.96. The Kier molecular flexibility index (Phi) is 5.71. The topological polar surface area (TPSA) is 82.0 Å². The van der Waals surface area contributed by atoms with Gasteiger partial charge in [0, 0.05) is 11.3 Å². The summed E-state index contributed by atoms with van der Waals surface area (Å²) < 4.78 is 0. The summed E-state index contributed by atoms with van der Waals surface area (Å²) >= 11 is 5.41. The van der Waals surface area contributed by atoms with E-state index in [1.807, 2.05) is 37.3 Å². The molecule has 5 rings (SSSR count). The Bertz CT molecular complexity index is 1350. The molecule has 1 heterocycles. The van der Waals surface area contributed by atoms with Crippen LogP contribution in [0.15, 0.2) is 71.8 Å². The van der Waals surface area contributed by atoms with Crippen LogP contribution in [0, 0.1) is 0 Å². The van der Waals surface area contributed by atoms with Gasteiger partial charge in [0.15, 0.2) is 0 Å². The second-order valence-electron chi connectivity index (χ2n) is 8.55. The molecule has 1 aliphatic carbocycles. The van der Waals surface area contributed by atoms with Crippen molar-refractivity contribution in [1.82, 2.24) is 5.43 Å². The molecule has 1 unspecified atom stereocenters. The van der Waals surface area contributed by atoms with E-state index in [2.05, 4.69) is 22.7 Å². The highest BCUT2D eigenvalue weighted by molar-refractivity contribution is 7.80. The number of aromatic carboxylic acids is 1. The lowest BCUT2D eigenvalue weighted by molar-refractivity contribution is -0.117. The molecule has 3 aromatic rings. The van der Waals surface area contributed by atoms with E-state index in [1.165, 1.54) is 23.3 Å². The number of carbonyl (C=O) groups is 2. The highest BCUT2D eigenvalue weighted by Gasteiger charge is 2.40. The van der Waals surface area contributed by atoms with Crippen molar-refractivity contribution in [3.8, 4) is 0 Å². The summed E-state index contributed by atoms with van der Waals surface area (Å²) in [4.78, 5) is 26.8. The van der Waals surface area contributed by atoms with Gasteiger partial charge in [-0.15, -0.1) is 0 Å². The number of rotatable bonds is 5. The van der Waals surface area contributed by atoms with Gasteiger partial charge in [-0.25, -0.2) is 4.79 Å². The molecule has 0 aromatic heterocycles. The number of nitrogens with zero attached hydrogens (tertiary/aromatic N) is 2. The van der Waals surface area contributed by atoms with E-state index < -0.39 is 11.9 Å². The SMILES string of the molecule is C/C(=N\NC(=S)c1ccc(C(=O)O)cc1)C1C(=O)N(c2ccc3c(c2)CCC3)c2ccccc21. The van der Waals surface area contributed by atoms with Crippen LogP contribution < -0.4 is 10.3 Å². The lowest BCUT2D eigenvalue weighted by atomic mass is 9.96. The van der Waals surface area contributed by atoms with E-state index in [0.717, 1.165) is 36.2 Å². The van der Waals surface area contributed by atoms with Gasteiger partial charge in [0.05, 0.1) is 17.0 Å². The van der Waals surface area contributed by atoms with Crippen LogP contribution in [0.1, 0.15) is 51.9 Å². The Hall–Kier alpha value is -3.84. The number of hydrazone groups is 1. The minimum Gasteiger partial charge on any atom is -0.478 e. The first-order valence-corrected chi connectivity index (χ1v) is 11.6. The average Bonchev–Trinajstić information content (AvgIpc) is 3.43. The monoisotopic (exact) mass is 469 g/mol. The van der Waals surface area contributed by atoms with Gasteiger partial charge in [0.25, 0.3) is 0 Å². The number of nitrogens with one attached hydrogen (secondary N) is 1. The third-order valence-electron chi connectivity index (χ3n) is 6.44. The Morgan fingerprint density at radius 1 is 1.03 bits per heavy atom. The fraction of sp³-hybridized carbons (Fsp3) is 0.185. The summed E-state index contributed by atoms with van der Waals surface area (Å²) in [5.41, 5.74) is 9.65. The molecular formula is C27H23N3O3S. The first-order chi connectivity index (χ1) is 16.4. The summed E-state index contributed by atoms with van der Waals surface area (Å²) in [6.45, 7) is 1.81. The molecule has 34 heavy (non-hydrogen) atoms. The number of para-hydroxylation sites is 1. The summed E-state index contributed by atoms with van der Waals surface area (Å²) in [5.74, 6) is -1.56. The van der Waals surface area contributed by atoms with Crippen molar-refractivity contribution in [3.05, 3.63) is 94.5 Å². The van der Waals surface area contributed by atoms with E-state index in [-0.39, 0.29) is 11.5 Å². The maximum atomic E-state index is 13.6. The zero-order chi connectivity index (χ0) is 23.8. The number of benzene rings is 3. The normalized spacial score (nSPS) is 16.9. The zero-order valence-corrected chi connectivity index (χ0v) is 19.4. The number of hydrogen-bond donors (Lipinski definition) is 2. The van der Waals surface area contributed by atoms with Gasteiger partial charge in [0.1, 0.15) is 10.9 Å². The molecule has 1 atom stereocenters. The van der Waals surface area contributed by atoms with Gasteiger partial charge < -0.3 is 5.11 Å². The quantitative estimate of drug-likeness (QED) is 0.313. The number of carboxylic acid groups (broad SMARTS) is 1. The fourth-order valence-corrected chi connectivity index (χ4v) is 4.90. The molecule has 170 valence electrons. The minimum atomic E-state index is -0.995. The van der Waals surface area contributed by atoms with E-state index in [1.54, 1.807) is 17.0 Å². The van der Waals surface area contributed by atoms with Crippen molar-refractivity contribution in [2.45, 2.75) is 32.1 Å². The number of amides is 1. The van der Waals surface area contributed by atoms with Crippen LogP contribution in [-0.2, 0) is 17.6 Å². The van der Waals surface area contributed by atoms with E-state index in [9.17, 15) is 9.59 Å². The van der Waals surface area contributed by atoms with Gasteiger partial charge in [-0.1, -0.05) is 48.6 Å². The summed E-state index contributed by atoms with van der Waals surface area (Å²) in [6.07, 6.45) is 3.30. The Morgan fingerprint density at radius 2 is 1.74 bits per heavy atom. The lowest BCUT2D eigenvalue weighted by Gasteiger charge is -2.19. The van der Waals surface area contributed by atoms with Crippen molar-refractivity contribution in [2.24, 2.45) is 5.10 Å².